The van der Waals surface area contributed by atoms with E-state index in [1.54, 1.807) is 20.8 Å². The number of nitrogens with zero attached hydrogens (tertiary/aromatic N) is 1. The molecule has 0 bridgehead atoms. The highest BCUT2D eigenvalue weighted by Crippen LogP contribution is 2.44. The minimum Gasteiger partial charge on any atom is -0.444 e. The summed E-state index contributed by atoms with van der Waals surface area (Å²) in [6.45, 7) is 5.07. The molecule has 1 rings (SSSR count). The van der Waals surface area contributed by atoms with Crippen LogP contribution in [0.1, 0.15) is 40.0 Å². The van der Waals surface area contributed by atoms with Crippen LogP contribution in [0.2, 0.25) is 0 Å². The van der Waals surface area contributed by atoms with E-state index in [0.717, 1.165) is 5.06 Å². The largest absolute Gasteiger partial charge is 0.444 e. The number of hydrogen-bond acceptors (Lipinski definition) is 4. The van der Waals surface area contributed by atoms with Gasteiger partial charge in [-0.25, -0.2) is 18.6 Å². The first-order chi connectivity index (χ1) is 9.93. The van der Waals surface area contributed by atoms with Crippen molar-refractivity contribution in [1.29, 1.82) is 0 Å². The zero-order valence-electron chi connectivity index (χ0n) is 13.6. The fourth-order valence-corrected chi connectivity index (χ4v) is 2.27. The van der Waals surface area contributed by atoms with Gasteiger partial charge in [0.05, 0.1) is 7.11 Å². The van der Waals surface area contributed by atoms with Crippen molar-refractivity contribution in [3.63, 3.8) is 0 Å². The topological polar surface area (TPSA) is 67.9 Å². The van der Waals surface area contributed by atoms with Crippen molar-refractivity contribution >= 4 is 12.0 Å². The predicted octanol–water partition coefficient (Wildman–Crippen LogP) is 2.33. The quantitative estimate of drug-likeness (QED) is 0.789. The van der Waals surface area contributed by atoms with Gasteiger partial charge in [-0.15, -0.1) is 0 Å². The number of halogens is 2. The zero-order chi connectivity index (χ0) is 17.1. The lowest BCUT2D eigenvalue weighted by Gasteiger charge is -2.37. The average Bonchev–Trinajstić information content (AvgIpc) is 2.31. The number of rotatable bonds is 5. The van der Waals surface area contributed by atoms with Crippen LogP contribution >= 0.6 is 0 Å². The number of alkyl halides is 2. The molecule has 128 valence electrons. The Morgan fingerprint density at radius 1 is 1.36 bits per heavy atom. The van der Waals surface area contributed by atoms with Gasteiger partial charge in [-0.2, -0.15) is 0 Å². The summed E-state index contributed by atoms with van der Waals surface area (Å²) in [4.78, 5) is 28.8. The second-order valence-electron chi connectivity index (χ2n) is 6.58. The normalized spacial score (nSPS) is 19.0. The highest BCUT2D eigenvalue weighted by Gasteiger charge is 2.46. The Kier molecular flexibility index (Phi) is 5.72. The first-order valence-corrected chi connectivity index (χ1v) is 7.12. The predicted molar refractivity (Wildman–Crippen MR) is 75.2 cm³/mol. The Balaban J connectivity index is 2.66. The molecule has 0 saturated heterocycles. The Hall–Kier alpha value is -1.44. The molecular formula is C14H24F2N2O4. The van der Waals surface area contributed by atoms with Gasteiger partial charge in [-0.3, -0.25) is 9.63 Å². The number of alkyl carbamates (subject to hydrolysis) is 1. The molecule has 1 aliphatic carbocycles. The summed E-state index contributed by atoms with van der Waals surface area (Å²) in [7, 11) is 2.70. The molecule has 22 heavy (non-hydrogen) atoms. The number of carbonyl (C=O) groups is 2. The first kappa shape index (κ1) is 18.6. The number of hydrogen-bond donors (Lipinski definition) is 1. The highest BCUT2D eigenvalue weighted by molar-refractivity contribution is 5.84. The Labute approximate surface area is 129 Å². The molecule has 2 amide bonds. The molecule has 0 spiro atoms. The number of amides is 2. The SMILES string of the molecule is CON(C)C(=O)C(CC1CC(F)(F)C1)NC(=O)OC(C)(C)C. The molecule has 1 atom stereocenters. The molecule has 1 aliphatic rings. The summed E-state index contributed by atoms with van der Waals surface area (Å²) < 4.78 is 30.9. The zero-order valence-corrected chi connectivity index (χ0v) is 13.6. The van der Waals surface area contributed by atoms with Gasteiger partial charge in [-0.05, 0) is 33.1 Å². The van der Waals surface area contributed by atoms with Crippen LogP contribution < -0.4 is 5.32 Å². The molecule has 1 fully saturated rings. The van der Waals surface area contributed by atoms with E-state index in [0.29, 0.717) is 0 Å². The highest BCUT2D eigenvalue weighted by atomic mass is 19.3. The maximum absolute atomic E-state index is 12.9. The van der Waals surface area contributed by atoms with Crippen molar-refractivity contribution in [2.24, 2.45) is 5.92 Å². The van der Waals surface area contributed by atoms with Gasteiger partial charge in [0.15, 0.2) is 0 Å². The van der Waals surface area contributed by atoms with Gasteiger partial charge in [0.25, 0.3) is 5.91 Å². The molecule has 0 radical (unpaired) electrons. The third kappa shape index (κ3) is 5.75. The lowest BCUT2D eigenvalue weighted by atomic mass is 9.77. The minimum atomic E-state index is -2.67. The van der Waals surface area contributed by atoms with Crippen LogP contribution in [-0.2, 0) is 14.4 Å². The number of nitrogens with one attached hydrogen (secondary N) is 1. The monoisotopic (exact) mass is 322 g/mol. The summed E-state index contributed by atoms with van der Waals surface area (Å²) >= 11 is 0. The maximum atomic E-state index is 12.9. The van der Waals surface area contributed by atoms with E-state index < -0.39 is 29.6 Å². The molecule has 0 aliphatic heterocycles. The summed E-state index contributed by atoms with van der Waals surface area (Å²) in [6.07, 6.45) is -1.18. The lowest BCUT2D eigenvalue weighted by Crippen LogP contribution is -2.51. The number of likely N-dealkylation sites (N-methyl/N-ethyl adjacent to an activating group) is 1. The van der Waals surface area contributed by atoms with Crippen molar-refractivity contribution in [2.75, 3.05) is 14.2 Å². The van der Waals surface area contributed by atoms with E-state index in [4.69, 9.17) is 9.57 Å². The summed E-state index contributed by atoms with van der Waals surface area (Å²) in [6, 6.07) is -0.958. The van der Waals surface area contributed by atoms with Crippen LogP contribution in [0.3, 0.4) is 0 Å². The van der Waals surface area contributed by atoms with Gasteiger partial charge in [-0.1, -0.05) is 0 Å². The molecular weight excluding hydrogens is 298 g/mol. The van der Waals surface area contributed by atoms with E-state index in [-0.39, 0.29) is 25.2 Å². The lowest BCUT2D eigenvalue weighted by molar-refractivity contribution is -0.173. The Bertz CT molecular complexity index is 416. The third-order valence-corrected chi connectivity index (χ3v) is 3.32. The van der Waals surface area contributed by atoms with Crippen LogP contribution in [0.15, 0.2) is 0 Å². The molecule has 6 nitrogen and oxygen atoms in total. The van der Waals surface area contributed by atoms with Gasteiger partial charge >= 0.3 is 6.09 Å². The minimum absolute atomic E-state index is 0.126. The second-order valence-corrected chi connectivity index (χ2v) is 6.58. The average molecular weight is 322 g/mol. The van der Waals surface area contributed by atoms with Crippen molar-refractivity contribution in [3.8, 4) is 0 Å². The number of ether oxygens (including phenoxy) is 1. The van der Waals surface area contributed by atoms with Crippen molar-refractivity contribution in [3.05, 3.63) is 0 Å². The van der Waals surface area contributed by atoms with Crippen LogP contribution in [-0.4, -0.2) is 48.8 Å². The van der Waals surface area contributed by atoms with E-state index in [1.807, 2.05) is 0 Å². The molecule has 1 unspecified atom stereocenters. The molecule has 0 aromatic rings. The number of carbonyl (C=O) groups excluding carboxylic acids is 2. The third-order valence-electron chi connectivity index (χ3n) is 3.32. The maximum Gasteiger partial charge on any atom is 0.408 e. The van der Waals surface area contributed by atoms with Crippen molar-refractivity contribution in [2.45, 2.75) is 57.6 Å². The van der Waals surface area contributed by atoms with E-state index in [9.17, 15) is 18.4 Å². The summed E-state index contributed by atoms with van der Waals surface area (Å²) in [5.41, 5.74) is -0.714. The summed E-state index contributed by atoms with van der Waals surface area (Å²) in [5, 5.41) is 3.39. The van der Waals surface area contributed by atoms with Gasteiger partial charge in [0.2, 0.25) is 5.92 Å². The molecule has 0 aromatic carbocycles. The van der Waals surface area contributed by atoms with Gasteiger partial charge < -0.3 is 10.1 Å². The fraction of sp³-hybridized carbons (Fsp3) is 0.857. The molecule has 0 heterocycles. The Morgan fingerprint density at radius 2 is 1.91 bits per heavy atom. The Morgan fingerprint density at radius 3 is 2.32 bits per heavy atom. The van der Waals surface area contributed by atoms with Crippen LogP contribution in [0.25, 0.3) is 0 Å². The fourth-order valence-electron chi connectivity index (χ4n) is 2.27. The van der Waals surface area contributed by atoms with E-state index >= 15 is 0 Å². The van der Waals surface area contributed by atoms with E-state index in [1.165, 1.54) is 14.2 Å². The van der Waals surface area contributed by atoms with Crippen molar-refractivity contribution < 1.29 is 27.9 Å². The van der Waals surface area contributed by atoms with Crippen LogP contribution in [0.5, 0.6) is 0 Å². The second kappa shape index (κ2) is 6.76. The molecule has 0 aromatic heterocycles. The van der Waals surface area contributed by atoms with Crippen LogP contribution in [0.4, 0.5) is 13.6 Å². The van der Waals surface area contributed by atoms with Crippen molar-refractivity contribution in [1.82, 2.24) is 10.4 Å². The molecule has 1 N–H and O–H groups in total. The van der Waals surface area contributed by atoms with Crippen LogP contribution in [0, 0.1) is 5.92 Å². The number of hydroxylamine groups is 2. The summed E-state index contributed by atoms with van der Waals surface area (Å²) in [5.74, 6) is -3.50. The van der Waals surface area contributed by atoms with Gasteiger partial charge in [0.1, 0.15) is 11.6 Å². The van der Waals surface area contributed by atoms with E-state index in [2.05, 4.69) is 5.32 Å². The molecule has 1 saturated carbocycles. The first-order valence-electron chi connectivity index (χ1n) is 7.12. The van der Waals surface area contributed by atoms with Gasteiger partial charge in [0, 0.05) is 19.9 Å². The smallest absolute Gasteiger partial charge is 0.408 e. The standard InChI is InChI=1S/C14H24F2N2O4/c1-13(2,3)22-12(20)17-10(11(19)18(4)21-5)6-9-7-14(15,16)8-9/h9-10H,6-8H2,1-5H3,(H,17,20). The molecule has 8 heteroatoms.